The van der Waals surface area contributed by atoms with Gasteiger partial charge in [-0.2, -0.15) is 0 Å². The maximum absolute atomic E-state index is 12.6. The van der Waals surface area contributed by atoms with E-state index in [-0.39, 0.29) is 35.4 Å². The zero-order valence-electron chi connectivity index (χ0n) is 11.8. The Kier molecular flexibility index (Phi) is 3.39. The van der Waals surface area contributed by atoms with Gasteiger partial charge in [0.25, 0.3) is 0 Å². The normalized spacial score (nSPS) is 31.3. The molecule has 102 valence electrons. The van der Waals surface area contributed by atoms with Crippen LogP contribution in [0.5, 0.6) is 0 Å². The van der Waals surface area contributed by atoms with Crippen LogP contribution in [0.15, 0.2) is 0 Å². The summed E-state index contributed by atoms with van der Waals surface area (Å²) in [5.41, 5.74) is -0.0946. The van der Waals surface area contributed by atoms with E-state index in [1.807, 2.05) is 25.7 Å². The van der Waals surface area contributed by atoms with Crippen LogP contribution in [0.3, 0.4) is 0 Å². The van der Waals surface area contributed by atoms with Crippen molar-refractivity contribution in [3.63, 3.8) is 0 Å². The van der Waals surface area contributed by atoms with Gasteiger partial charge in [0.15, 0.2) is 0 Å². The molecule has 0 bridgehead atoms. The van der Waals surface area contributed by atoms with Gasteiger partial charge in [0.1, 0.15) is 12.1 Å². The molecule has 2 amide bonds. The SMILES string of the molecule is CCC1C(=O)NC(C(C)C)C(=O)N1C1(C)CCC1. The predicted octanol–water partition coefficient (Wildman–Crippen LogP) is 1.69. The summed E-state index contributed by atoms with van der Waals surface area (Å²) in [6.07, 6.45) is 3.89. The fourth-order valence-electron chi connectivity index (χ4n) is 3.12. The van der Waals surface area contributed by atoms with Crippen LogP contribution in [0, 0.1) is 5.92 Å². The van der Waals surface area contributed by atoms with Crippen LogP contribution in [0.25, 0.3) is 0 Å². The first-order chi connectivity index (χ1) is 8.40. The molecule has 1 heterocycles. The molecule has 1 saturated carbocycles. The van der Waals surface area contributed by atoms with Gasteiger partial charge in [-0.25, -0.2) is 0 Å². The van der Waals surface area contributed by atoms with Crippen molar-refractivity contribution in [1.82, 2.24) is 10.2 Å². The third-order valence-corrected chi connectivity index (χ3v) is 4.48. The molecule has 0 aromatic rings. The van der Waals surface area contributed by atoms with E-state index in [0.29, 0.717) is 6.42 Å². The molecular weight excluding hydrogens is 228 g/mol. The molecule has 0 radical (unpaired) electrons. The fraction of sp³-hybridized carbons (Fsp3) is 0.857. The van der Waals surface area contributed by atoms with Crippen LogP contribution in [-0.4, -0.2) is 34.3 Å². The lowest BCUT2D eigenvalue weighted by Crippen LogP contribution is -2.71. The Morgan fingerprint density at radius 3 is 2.39 bits per heavy atom. The molecule has 1 saturated heterocycles. The lowest BCUT2D eigenvalue weighted by molar-refractivity contribution is -0.162. The highest BCUT2D eigenvalue weighted by molar-refractivity contribution is 5.97. The van der Waals surface area contributed by atoms with Crippen molar-refractivity contribution in [2.75, 3.05) is 0 Å². The monoisotopic (exact) mass is 252 g/mol. The largest absolute Gasteiger partial charge is 0.342 e. The van der Waals surface area contributed by atoms with Crippen molar-refractivity contribution in [1.29, 1.82) is 0 Å². The van der Waals surface area contributed by atoms with Crippen LogP contribution in [-0.2, 0) is 9.59 Å². The lowest BCUT2D eigenvalue weighted by atomic mass is 9.74. The predicted molar refractivity (Wildman–Crippen MR) is 69.9 cm³/mol. The Bertz CT molecular complexity index is 361. The highest BCUT2D eigenvalue weighted by Gasteiger charge is 2.50. The summed E-state index contributed by atoms with van der Waals surface area (Å²) in [4.78, 5) is 26.7. The maximum atomic E-state index is 12.6. The van der Waals surface area contributed by atoms with E-state index < -0.39 is 0 Å². The number of nitrogens with zero attached hydrogens (tertiary/aromatic N) is 1. The summed E-state index contributed by atoms with van der Waals surface area (Å²) < 4.78 is 0. The number of piperazine rings is 1. The second kappa shape index (κ2) is 4.56. The molecular formula is C14H24N2O2. The van der Waals surface area contributed by atoms with Crippen molar-refractivity contribution in [2.24, 2.45) is 5.92 Å². The van der Waals surface area contributed by atoms with E-state index in [2.05, 4.69) is 12.2 Å². The first-order valence-corrected chi connectivity index (χ1v) is 7.04. The molecule has 4 nitrogen and oxygen atoms in total. The van der Waals surface area contributed by atoms with Gasteiger partial charge >= 0.3 is 0 Å². The molecule has 0 aromatic carbocycles. The third-order valence-electron chi connectivity index (χ3n) is 4.48. The molecule has 2 unspecified atom stereocenters. The lowest BCUT2D eigenvalue weighted by Gasteiger charge is -2.54. The highest BCUT2D eigenvalue weighted by atomic mass is 16.2. The van der Waals surface area contributed by atoms with E-state index in [9.17, 15) is 9.59 Å². The van der Waals surface area contributed by atoms with Crippen molar-refractivity contribution in [2.45, 2.75) is 71.0 Å². The number of hydrogen-bond donors (Lipinski definition) is 1. The second-order valence-electron chi connectivity index (χ2n) is 6.21. The van der Waals surface area contributed by atoms with Gasteiger partial charge in [-0.3, -0.25) is 9.59 Å². The van der Waals surface area contributed by atoms with Crippen LogP contribution >= 0.6 is 0 Å². The van der Waals surface area contributed by atoms with Gasteiger partial charge in [0.2, 0.25) is 11.8 Å². The number of nitrogens with one attached hydrogen (secondary N) is 1. The van der Waals surface area contributed by atoms with Gasteiger partial charge in [-0.05, 0) is 38.5 Å². The number of amides is 2. The number of carbonyl (C=O) groups excluding carboxylic acids is 2. The average molecular weight is 252 g/mol. The molecule has 2 rings (SSSR count). The molecule has 1 aliphatic carbocycles. The van der Waals surface area contributed by atoms with Crippen LogP contribution in [0.2, 0.25) is 0 Å². The van der Waals surface area contributed by atoms with Crippen molar-refractivity contribution in [3.05, 3.63) is 0 Å². The fourth-order valence-corrected chi connectivity index (χ4v) is 3.12. The van der Waals surface area contributed by atoms with E-state index in [1.54, 1.807) is 0 Å². The zero-order valence-corrected chi connectivity index (χ0v) is 11.8. The third kappa shape index (κ3) is 1.91. The van der Waals surface area contributed by atoms with Gasteiger partial charge in [-0.1, -0.05) is 20.8 Å². The van der Waals surface area contributed by atoms with E-state index >= 15 is 0 Å². The van der Waals surface area contributed by atoms with Crippen LogP contribution in [0.4, 0.5) is 0 Å². The molecule has 1 aliphatic heterocycles. The topological polar surface area (TPSA) is 49.4 Å². The minimum atomic E-state index is -0.349. The van der Waals surface area contributed by atoms with Crippen LogP contribution < -0.4 is 5.32 Å². The Morgan fingerprint density at radius 1 is 1.39 bits per heavy atom. The van der Waals surface area contributed by atoms with Crippen molar-refractivity contribution < 1.29 is 9.59 Å². The number of hydrogen-bond acceptors (Lipinski definition) is 2. The van der Waals surface area contributed by atoms with Crippen molar-refractivity contribution >= 4 is 11.8 Å². The quantitative estimate of drug-likeness (QED) is 0.831. The summed E-state index contributed by atoms with van der Waals surface area (Å²) in [7, 11) is 0. The molecule has 1 N–H and O–H groups in total. The summed E-state index contributed by atoms with van der Waals surface area (Å²) in [5.74, 6) is 0.271. The molecule has 2 aliphatic rings. The van der Waals surface area contributed by atoms with Crippen molar-refractivity contribution in [3.8, 4) is 0 Å². The Morgan fingerprint density at radius 2 is 2.00 bits per heavy atom. The molecule has 18 heavy (non-hydrogen) atoms. The molecule has 2 atom stereocenters. The van der Waals surface area contributed by atoms with E-state index in [0.717, 1.165) is 19.3 Å². The maximum Gasteiger partial charge on any atom is 0.246 e. The Hall–Kier alpha value is -1.06. The van der Waals surface area contributed by atoms with Crippen LogP contribution in [0.1, 0.15) is 53.4 Å². The second-order valence-corrected chi connectivity index (χ2v) is 6.21. The summed E-state index contributed by atoms with van der Waals surface area (Å²) in [6.45, 7) is 8.06. The summed E-state index contributed by atoms with van der Waals surface area (Å²) in [6, 6.07) is -0.629. The molecule has 0 aromatic heterocycles. The van der Waals surface area contributed by atoms with Gasteiger partial charge < -0.3 is 10.2 Å². The minimum absolute atomic E-state index is 0.0175. The number of rotatable bonds is 3. The zero-order chi connectivity index (χ0) is 13.5. The summed E-state index contributed by atoms with van der Waals surface area (Å²) in [5, 5.41) is 2.89. The standard InChI is InChI=1S/C14H24N2O2/c1-5-10-12(17)15-11(9(2)3)13(18)16(10)14(4)7-6-8-14/h9-11H,5-8H2,1-4H3,(H,15,17). The first-order valence-electron chi connectivity index (χ1n) is 7.04. The minimum Gasteiger partial charge on any atom is -0.342 e. The molecule has 0 spiro atoms. The highest BCUT2D eigenvalue weighted by Crippen LogP contribution is 2.40. The van der Waals surface area contributed by atoms with E-state index in [4.69, 9.17) is 0 Å². The van der Waals surface area contributed by atoms with Gasteiger partial charge in [0.05, 0.1) is 0 Å². The van der Waals surface area contributed by atoms with Gasteiger partial charge in [0, 0.05) is 5.54 Å². The Labute approximate surface area is 109 Å². The summed E-state index contributed by atoms with van der Waals surface area (Å²) >= 11 is 0. The Balaban J connectivity index is 2.30. The first kappa shape index (κ1) is 13.4. The average Bonchev–Trinajstić information content (AvgIpc) is 2.27. The molecule has 2 fully saturated rings. The smallest absolute Gasteiger partial charge is 0.246 e. The van der Waals surface area contributed by atoms with Gasteiger partial charge in [-0.15, -0.1) is 0 Å². The van der Waals surface area contributed by atoms with E-state index in [1.165, 1.54) is 0 Å². The number of carbonyl (C=O) groups is 2. The molecule has 4 heteroatoms.